The van der Waals surface area contributed by atoms with Crippen LogP contribution in [-0.4, -0.2) is 25.8 Å². The Bertz CT molecular complexity index is 855. The molecule has 3 rings (SSSR count). The van der Waals surface area contributed by atoms with E-state index in [0.29, 0.717) is 12.4 Å². The molecule has 1 aromatic rings. The lowest BCUT2D eigenvalue weighted by Gasteiger charge is -2.25. The van der Waals surface area contributed by atoms with E-state index in [4.69, 9.17) is 4.74 Å². The van der Waals surface area contributed by atoms with E-state index in [9.17, 15) is 8.42 Å². The number of allylic oxidation sites excluding steroid dienone is 2. The lowest BCUT2D eigenvalue weighted by molar-refractivity contribution is 0.198. The van der Waals surface area contributed by atoms with Crippen LogP contribution in [0.2, 0.25) is 0 Å². The third-order valence-corrected chi connectivity index (χ3v) is 4.33. The number of hydrogen-bond acceptors (Lipinski definition) is 4. The van der Waals surface area contributed by atoms with Crippen LogP contribution >= 0.6 is 0 Å². The van der Waals surface area contributed by atoms with E-state index in [0.717, 1.165) is 22.3 Å². The molecule has 2 aliphatic heterocycles. The summed E-state index contributed by atoms with van der Waals surface area (Å²) in [5.74, 6) is 1.19. The maximum absolute atomic E-state index is 11.7. The monoisotopic (exact) mass is 344 g/mol. The number of benzene rings is 1. The number of sulfonamides is 1. The Hall–Kier alpha value is -2.34. The fourth-order valence-electron chi connectivity index (χ4n) is 2.28. The first-order valence-corrected chi connectivity index (χ1v) is 9.17. The highest BCUT2D eigenvalue weighted by Gasteiger charge is 2.23. The topological polar surface area (TPSA) is 59.0 Å². The van der Waals surface area contributed by atoms with E-state index in [1.807, 2.05) is 36.4 Å². The molecule has 0 spiro atoms. The molecular formula is C18H20N2O3S. The molecule has 0 atom stereocenters. The van der Waals surface area contributed by atoms with E-state index in [1.165, 1.54) is 6.20 Å². The highest BCUT2D eigenvalue weighted by Crippen LogP contribution is 2.27. The van der Waals surface area contributed by atoms with E-state index in [2.05, 4.69) is 25.2 Å². The summed E-state index contributed by atoms with van der Waals surface area (Å²) in [4.78, 5) is 1.69. The normalized spacial score (nSPS) is 18.7. The van der Waals surface area contributed by atoms with E-state index < -0.39 is 10.0 Å². The third-order valence-electron chi connectivity index (χ3n) is 3.44. The first-order chi connectivity index (χ1) is 11.2. The van der Waals surface area contributed by atoms with Crippen LogP contribution < -0.4 is 4.74 Å². The number of amidine groups is 1. The van der Waals surface area contributed by atoms with Gasteiger partial charge < -0.3 is 9.64 Å². The molecule has 0 bridgehead atoms. The summed E-state index contributed by atoms with van der Waals surface area (Å²) < 4.78 is 33.1. The summed E-state index contributed by atoms with van der Waals surface area (Å²) in [7, 11) is -3.56. The zero-order valence-corrected chi connectivity index (χ0v) is 14.7. The number of ether oxygens (including phenoxy) is 1. The Kier molecular flexibility index (Phi) is 4.09. The van der Waals surface area contributed by atoms with Crippen LogP contribution in [0.5, 0.6) is 5.75 Å². The van der Waals surface area contributed by atoms with Crippen molar-refractivity contribution in [1.29, 1.82) is 0 Å². The zero-order valence-electron chi connectivity index (χ0n) is 13.9. The maximum Gasteiger partial charge on any atom is 0.278 e. The van der Waals surface area contributed by atoms with Crippen molar-refractivity contribution < 1.29 is 13.2 Å². The van der Waals surface area contributed by atoms with Gasteiger partial charge in [0.05, 0.1) is 12.0 Å². The standard InChI is InChI=1S/C18H20N2O3S/c1-18(2,3)13-23-15-8-6-14(7-9-15)16-5-4-10-20-11-12-24(21,22)19-17(16)20/h4-12H,13H2,1-3H3. The van der Waals surface area contributed by atoms with Gasteiger partial charge in [-0.3, -0.25) is 0 Å². The molecule has 0 unspecified atom stereocenters. The van der Waals surface area contributed by atoms with Gasteiger partial charge in [-0.2, -0.15) is 8.42 Å². The molecule has 0 radical (unpaired) electrons. The predicted octanol–water partition coefficient (Wildman–Crippen LogP) is 3.54. The SMILES string of the molecule is CC(C)(C)COc1ccc(C2=CC=CN3C=CS(=O)(=O)N=C23)cc1. The van der Waals surface area contributed by atoms with Crippen molar-refractivity contribution in [3.8, 4) is 5.75 Å². The van der Waals surface area contributed by atoms with Crippen molar-refractivity contribution in [2.24, 2.45) is 9.81 Å². The first kappa shape index (κ1) is 16.5. The van der Waals surface area contributed by atoms with Gasteiger partial charge in [0.2, 0.25) is 0 Å². The summed E-state index contributed by atoms with van der Waals surface area (Å²) in [5, 5.41) is 1.09. The molecule has 2 aliphatic rings. The molecule has 6 heteroatoms. The Morgan fingerprint density at radius 2 is 1.83 bits per heavy atom. The van der Waals surface area contributed by atoms with Crippen molar-refractivity contribution in [3.05, 3.63) is 59.8 Å². The second-order valence-corrected chi connectivity index (χ2v) is 8.40. The second kappa shape index (κ2) is 5.94. The van der Waals surface area contributed by atoms with Crippen LogP contribution in [0.25, 0.3) is 5.57 Å². The average Bonchev–Trinajstić information content (AvgIpc) is 2.51. The van der Waals surface area contributed by atoms with Gasteiger partial charge in [0.15, 0.2) is 5.84 Å². The van der Waals surface area contributed by atoms with Crippen LogP contribution in [0.3, 0.4) is 0 Å². The number of nitrogens with zero attached hydrogens (tertiary/aromatic N) is 2. The number of fused-ring (bicyclic) bond motifs is 1. The molecule has 0 amide bonds. The third kappa shape index (κ3) is 3.76. The predicted molar refractivity (Wildman–Crippen MR) is 95.8 cm³/mol. The minimum absolute atomic E-state index is 0.0907. The van der Waals surface area contributed by atoms with Crippen molar-refractivity contribution in [1.82, 2.24) is 4.90 Å². The van der Waals surface area contributed by atoms with Gasteiger partial charge in [0, 0.05) is 18.0 Å². The van der Waals surface area contributed by atoms with Crippen LogP contribution in [-0.2, 0) is 10.0 Å². The molecule has 24 heavy (non-hydrogen) atoms. The Labute approximate surface area is 142 Å². The molecule has 126 valence electrons. The summed E-state index contributed by atoms with van der Waals surface area (Å²) in [6.07, 6.45) is 6.99. The zero-order chi connectivity index (χ0) is 17.4. The average molecular weight is 344 g/mol. The summed E-state index contributed by atoms with van der Waals surface area (Å²) in [6.45, 7) is 6.97. The molecule has 0 aromatic heterocycles. The van der Waals surface area contributed by atoms with E-state index in [-0.39, 0.29) is 5.41 Å². The van der Waals surface area contributed by atoms with Gasteiger partial charge in [0.25, 0.3) is 10.0 Å². The molecule has 0 aliphatic carbocycles. The Morgan fingerprint density at radius 1 is 1.12 bits per heavy atom. The van der Waals surface area contributed by atoms with Gasteiger partial charge in [-0.05, 0) is 35.3 Å². The summed E-state index contributed by atoms with van der Waals surface area (Å²) in [6, 6.07) is 7.60. The van der Waals surface area contributed by atoms with Crippen molar-refractivity contribution in [2.45, 2.75) is 20.8 Å². The van der Waals surface area contributed by atoms with E-state index >= 15 is 0 Å². The fourth-order valence-corrected chi connectivity index (χ4v) is 3.06. The van der Waals surface area contributed by atoms with Crippen molar-refractivity contribution >= 4 is 21.4 Å². The van der Waals surface area contributed by atoms with Crippen molar-refractivity contribution in [2.75, 3.05) is 6.61 Å². The second-order valence-electron chi connectivity index (χ2n) is 6.92. The van der Waals surface area contributed by atoms with Crippen LogP contribution in [0.4, 0.5) is 0 Å². The van der Waals surface area contributed by atoms with Crippen LogP contribution in [0, 0.1) is 5.41 Å². The first-order valence-electron chi connectivity index (χ1n) is 7.67. The Balaban J connectivity index is 1.85. The van der Waals surface area contributed by atoms with Crippen LogP contribution in [0.15, 0.2) is 58.6 Å². The summed E-state index contributed by atoms with van der Waals surface area (Å²) >= 11 is 0. The highest BCUT2D eigenvalue weighted by atomic mass is 32.2. The number of rotatable bonds is 3. The molecule has 0 N–H and O–H groups in total. The van der Waals surface area contributed by atoms with Crippen LogP contribution in [0.1, 0.15) is 26.3 Å². The molecule has 1 aromatic carbocycles. The maximum atomic E-state index is 11.7. The molecule has 0 fully saturated rings. The molecule has 5 nitrogen and oxygen atoms in total. The largest absolute Gasteiger partial charge is 0.493 e. The highest BCUT2D eigenvalue weighted by molar-refractivity contribution is 7.93. The molecule has 0 saturated heterocycles. The smallest absolute Gasteiger partial charge is 0.278 e. The van der Waals surface area contributed by atoms with Gasteiger partial charge >= 0.3 is 0 Å². The number of hydrogen-bond donors (Lipinski definition) is 0. The molecular weight excluding hydrogens is 324 g/mol. The minimum Gasteiger partial charge on any atom is -0.493 e. The molecule has 0 saturated carbocycles. The Morgan fingerprint density at radius 3 is 2.50 bits per heavy atom. The summed E-state index contributed by atoms with van der Waals surface area (Å²) in [5.41, 5.74) is 1.73. The molecule has 2 heterocycles. The lowest BCUT2D eigenvalue weighted by atomic mass is 9.98. The lowest BCUT2D eigenvalue weighted by Crippen LogP contribution is -2.27. The quantitative estimate of drug-likeness (QED) is 0.841. The van der Waals surface area contributed by atoms with Gasteiger partial charge in [-0.25, -0.2) is 0 Å². The van der Waals surface area contributed by atoms with Gasteiger partial charge in [-0.1, -0.05) is 32.9 Å². The van der Waals surface area contributed by atoms with E-state index in [1.54, 1.807) is 11.1 Å². The fraction of sp³-hybridized carbons (Fsp3) is 0.278. The minimum atomic E-state index is -3.56. The van der Waals surface area contributed by atoms with Gasteiger partial charge in [-0.15, -0.1) is 4.40 Å². The van der Waals surface area contributed by atoms with Crippen molar-refractivity contribution in [3.63, 3.8) is 0 Å². The van der Waals surface area contributed by atoms with Gasteiger partial charge in [0.1, 0.15) is 5.75 Å².